The van der Waals surface area contributed by atoms with Gasteiger partial charge in [-0.25, -0.2) is 14.5 Å². The van der Waals surface area contributed by atoms with Crippen LogP contribution in [0.5, 0.6) is 0 Å². The highest BCUT2D eigenvalue weighted by Gasteiger charge is 2.15. The summed E-state index contributed by atoms with van der Waals surface area (Å²) in [4.78, 5) is 27.5. The van der Waals surface area contributed by atoms with Gasteiger partial charge in [0.2, 0.25) is 5.82 Å². The normalized spacial score (nSPS) is 9.86. The molecule has 1 amide bonds. The molecule has 0 unspecified atom stereocenters. The fourth-order valence-corrected chi connectivity index (χ4v) is 1.83. The molecular weight excluding hydrogens is 304 g/mol. The van der Waals surface area contributed by atoms with E-state index in [4.69, 9.17) is 17.0 Å². The number of benzene rings is 1. The smallest absolute Gasteiger partial charge is 0.376 e. The average Bonchev–Trinajstić information content (AvgIpc) is 2.96. The van der Waals surface area contributed by atoms with Crippen molar-refractivity contribution in [3.63, 3.8) is 0 Å². The molecule has 0 radical (unpaired) electrons. The summed E-state index contributed by atoms with van der Waals surface area (Å²) in [6, 6.07) is 8.64. The zero-order valence-corrected chi connectivity index (χ0v) is 12.6. The summed E-state index contributed by atoms with van der Waals surface area (Å²) < 4.78 is 6.15. The van der Waals surface area contributed by atoms with E-state index in [1.807, 2.05) is 6.07 Å². The number of hydrogen-bond donors (Lipinski definition) is 2. The first-order valence-corrected chi connectivity index (χ1v) is 6.90. The first-order chi connectivity index (χ1) is 10.6. The fraction of sp³-hybridized carbons (Fsp3) is 0.143. The van der Waals surface area contributed by atoms with Crippen LogP contribution in [0.3, 0.4) is 0 Å². The van der Waals surface area contributed by atoms with Gasteiger partial charge in [0, 0.05) is 18.0 Å². The number of imidazole rings is 1. The van der Waals surface area contributed by atoms with Crippen molar-refractivity contribution in [2.24, 2.45) is 0 Å². The van der Waals surface area contributed by atoms with Crippen LogP contribution in [-0.4, -0.2) is 33.3 Å². The maximum absolute atomic E-state index is 11.9. The molecule has 1 heterocycles. The minimum absolute atomic E-state index is 0.0393. The summed E-state index contributed by atoms with van der Waals surface area (Å²) >= 11 is 5.05. The van der Waals surface area contributed by atoms with Crippen LogP contribution in [0.15, 0.2) is 42.7 Å². The number of aromatic nitrogens is 2. The lowest BCUT2D eigenvalue weighted by molar-refractivity contribution is 0.0509. The van der Waals surface area contributed by atoms with E-state index < -0.39 is 5.97 Å². The summed E-state index contributed by atoms with van der Waals surface area (Å²) in [5.41, 5.74) is 3.16. The van der Waals surface area contributed by atoms with E-state index in [0.717, 1.165) is 0 Å². The highest BCUT2D eigenvalue weighted by Crippen LogP contribution is 2.00. The lowest BCUT2D eigenvalue weighted by Crippen LogP contribution is -2.38. The Balaban J connectivity index is 2.00. The Hall–Kier alpha value is -2.74. The average molecular weight is 318 g/mol. The standard InChI is InChI=1S/C14H14N4O3S/c1-2-21-13(20)11-15-8-9-18(11)17-14(22)16-12(19)10-6-4-3-5-7-10/h3-9H,2H2,1H3,(H2,16,17,19,22). The molecule has 0 aliphatic rings. The van der Waals surface area contributed by atoms with E-state index in [-0.39, 0.29) is 23.5 Å². The maximum atomic E-state index is 11.9. The zero-order chi connectivity index (χ0) is 15.9. The Bertz CT molecular complexity index is 684. The molecule has 8 heteroatoms. The summed E-state index contributed by atoms with van der Waals surface area (Å²) in [5, 5.41) is 2.55. The molecule has 2 aromatic rings. The second-order valence-corrected chi connectivity index (χ2v) is 4.51. The maximum Gasteiger partial charge on any atom is 0.376 e. The summed E-state index contributed by atoms with van der Waals surface area (Å²) in [7, 11) is 0. The molecule has 0 atom stereocenters. The molecule has 0 bridgehead atoms. The van der Waals surface area contributed by atoms with Crippen LogP contribution in [0, 0.1) is 0 Å². The number of thiocarbonyl (C=S) groups is 1. The van der Waals surface area contributed by atoms with Crippen molar-refractivity contribution in [1.82, 2.24) is 15.0 Å². The van der Waals surface area contributed by atoms with Crippen molar-refractivity contribution < 1.29 is 14.3 Å². The quantitative estimate of drug-likeness (QED) is 0.653. The lowest BCUT2D eigenvalue weighted by atomic mass is 10.2. The van der Waals surface area contributed by atoms with Gasteiger partial charge in [-0.3, -0.25) is 15.5 Å². The van der Waals surface area contributed by atoms with Crippen molar-refractivity contribution in [1.29, 1.82) is 0 Å². The van der Waals surface area contributed by atoms with Gasteiger partial charge in [0.15, 0.2) is 5.11 Å². The molecular formula is C14H14N4O3S. The van der Waals surface area contributed by atoms with Gasteiger partial charge >= 0.3 is 5.97 Å². The molecule has 0 fully saturated rings. The second-order valence-electron chi connectivity index (χ2n) is 4.10. The molecule has 0 aliphatic heterocycles. The van der Waals surface area contributed by atoms with Crippen LogP contribution >= 0.6 is 12.2 Å². The number of carbonyl (C=O) groups excluding carboxylic acids is 2. The van der Waals surface area contributed by atoms with Crippen LogP contribution in [0.4, 0.5) is 0 Å². The van der Waals surface area contributed by atoms with Crippen LogP contribution in [0.2, 0.25) is 0 Å². The van der Waals surface area contributed by atoms with Crippen molar-refractivity contribution in [2.45, 2.75) is 6.92 Å². The second kappa shape index (κ2) is 7.32. The molecule has 0 aliphatic carbocycles. The number of nitrogens with zero attached hydrogens (tertiary/aromatic N) is 2. The molecule has 0 spiro atoms. The molecule has 22 heavy (non-hydrogen) atoms. The Morgan fingerprint density at radius 2 is 2.05 bits per heavy atom. The van der Waals surface area contributed by atoms with E-state index in [1.54, 1.807) is 31.2 Å². The van der Waals surface area contributed by atoms with Crippen LogP contribution in [0.1, 0.15) is 27.9 Å². The molecule has 114 valence electrons. The van der Waals surface area contributed by atoms with Gasteiger partial charge in [0.25, 0.3) is 5.91 Å². The zero-order valence-electron chi connectivity index (χ0n) is 11.8. The lowest BCUT2D eigenvalue weighted by Gasteiger charge is -2.12. The van der Waals surface area contributed by atoms with Gasteiger partial charge in [-0.1, -0.05) is 18.2 Å². The third kappa shape index (κ3) is 3.89. The number of rotatable bonds is 4. The summed E-state index contributed by atoms with van der Waals surface area (Å²) in [6.07, 6.45) is 2.91. The van der Waals surface area contributed by atoms with Gasteiger partial charge in [-0.2, -0.15) is 0 Å². The Kier molecular flexibility index (Phi) is 5.21. The van der Waals surface area contributed by atoms with Crippen LogP contribution < -0.4 is 10.7 Å². The topological polar surface area (TPSA) is 85.2 Å². The number of ether oxygens (including phenoxy) is 1. The van der Waals surface area contributed by atoms with Gasteiger partial charge in [0.1, 0.15) is 0 Å². The van der Waals surface area contributed by atoms with Crippen LogP contribution in [0.25, 0.3) is 0 Å². The minimum Gasteiger partial charge on any atom is -0.460 e. The molecule has 2 rings (SSSR count). The molecule has 1 aromatic carbocycles. The van der Waals surface area contributed by atoms with E-state index in [0.29, 0.717) is 5.56 Å². The monoisotopic (exact) mass is 318 g/mol. The van der Waals surface area contributed by atoms with E-state index in [2.05, 4.69) is 15.7 Å². The van der Waals surface area contributed by atoms with Crippen molar-refractivity contribution in [2.75, 3.05) is 12.0 Å². The van der Waals surface area contributed by atoms with Gasteiger partial charge in [-0.05, 0) is 31.3 Å². The molecule has 1 aromatic heterocycles. The van der Waals surface area contributed by atoms with Crippen LogP contribution in [-0.2, 0) is 4.74 Å². The molecule has 0 saturated carbocycles. The van der Waals surface area contributed by atoms with E-state index in [1.165, 1.54) is 17.1 Å². The third-order valence-corrected chi connectivity index (χ3v) is 2.78. The molecule has 2 N–H and O–H groups in total. The number of hydrogen-bond acceptors (Lipinski definition) is 5. The Morgan fingerprint density at radius 3 is 2.73 bits per heavy atom. The number of carbonyl (C=O) groups is 2. The van der Waals surface area contributed by atoms with Crippen molar-refractivity contribution in [3.8, 4) is 0 Å². The van der Waals surface area contributed by atoms with Crippen molar-refractivity contribution in [3.05, 3.63) is 54.1 Å². The molecule has 0 saturated heterocycles. The first kappa shape index (κ1) is 15.6. The summed E-state index contributed by atoms with van der Waals surface area (Å²) in [6.45, 7) is 1.93. The highest BCUT2D eigenvalue weighted by atomic mass is 32.1. The van der Waals surface area contributed by atoms with Gasteiger partial charge in [-0.15, -0.1) is 0 Å². The first-order valence-electron chi connectivity index (χ1n) is 6.49. The predicted octanol–water partition coefficient (Wildman–Crippen LogP) is 1.32. The minimum atomic E-state index is -0.586. The fourth-order valence-electron chi connectivity index (χ4n) is 1.64. The van der Waals surface area contributed by atoms with E-state index in [9.17, 15) is 9.59 Å². The summed E-state index contributed by atoms with van der Waals surface area (Å²) in [5.74, 6) is -0.897. The Morgan fingerprint density at radius 1 is 1.32 bits per heavy atom. The predicted molar refractivity (Wildman–Crippen MR) is 84.1 cm³/mol. The third-order valence-electron chi connectivity index (χ3n) is 2.58. The van der Waals surface area contributed by atoms with E-state index >= 15 is 0 Å². The highest BCUT2D eigenvalue weighted by molar-refractivity contribution is 7.80. The van der Waals surface area contributed by atoms with Gasteiger partial charge < -0.3 is 4.74 Å². The Labute approximate surface area is 132 Å². The largest absolute Gasteiger partial charge is 0.460 e. The molecule has 7 nitrogen and oxygen atoms in total. The van der Waals surface area contributed by atoms with Gasteiger partial charge in [0.05, 0.1) is 6.61 Å². The van der Waals surface area contributed by atoms with Crippen molar-refractivity contribution >= 4 is 29.2 Å². The number of esters is 1. The SMILES string of the molecule is CCOC(=O)c1nccn1NC(=S)NC(=O)c1ccccc1. The number of nitrogens with one attached hydrogen (secondary N) is 2. The number of amides is 1.